The Hall–Kier alpha value is -1.11. The fourth-order valence-corrected chi connectivity index (χ4v) is 3.06. The third-order valence-corrected chi connectivity index (χ3v) is 5.14. The van der Waals surface area contributed by atoms with Crippen LogP contribution < -0.4 is 5.14 Å². The Morgan fingerprint density at radius 2 is 2.10 bits per heavy atom. The molecule has 0 amide bonds. The van der Waals surface area contributed by atoms with Gasteiger partial charge in [0.15, 0.2) is 0 Å². The van der Waals surface area contributed by atoms with Gasteiger partial charge in [0.05, 0.1) is 17.1 Å². The van der Waals surface area contributed by atoms with Crippen LogP contribution in [0.2, 0.25) is 5.02 Å². The molecule has 21 heavy (non-hydrogen) atoms. The minimum atomic E-state index is -3.92. The fourth-order valence-electron chi connectivity index (χ4n) is 2.21. The van der Waals surface area contributed by atoms with Crippen molar-refractivity contribution in [2.24, 2.45) is 11.1 Å². The third kappa shape index (κ3) is 3.96. The summed E-state index contributed by atoms with van der Waals surface area (Å²) in [4.78, 5) is 11.9. The second-order valence-electron chi connectivity index (χ2n) is 5.34. The van der Waals surface area contributed by atoms with Crippen molar-refractivity contribution in [1.82, 2.24) is 0 Å². The monoisotopic (exact) mass is 331 g/mol. The van der Waals surface area contributed by atoms with Gasteiger partial charge >= 0.3 is 5.97 Å². The van der Waals surface area contributed by atoms with Crippen molar-refractivity contribution in [1.29, 1.82) is 0 Å². The van der Waals surface area contributed by atoms with Gasteiger partial charge in [-0.15, -0.1) is 0 Å². The highest BCUT2D eigenvalue weighted by atomic mass is 35.5. The molecule has 116 valence electrons. The molecular formula is C14H18ClNO4S. The number of carbonyl (C=O) groups excluding carboxylic acids is 1. The lowest BCUT2D eigenvalue weighted by Crippen LogP contribution is -2.17. The number of primary sulfonamides is 1. The summed E-state index contributed by atoms with van der Waals surface area (Å²) in [7, 11) is -3.92. The first-order valence-corrected chi connectivity index (χ1v) is 8.71. The largest absolute Gasteiger partial charge is 0.462 e. The minimum absolute atomic E-state index is 0.139. The van der Waals surface area contributed by atoms with E-state index in [4.69, 9.17) is 21.5 Å². The minimum Gasteiger partial charge on any atom is -0.462 e. The van der Waals surface area contributed by atoms with Gasteiger partial charge in [-0.2, -0.15) is 0 Å². The predicted molar refractivity (Wildman–Crippen MR) is 79.8 cm³/mol. The molecule has 7 heteroatoms. The van der Waals surface area contributed by atoms with Crippen molar-refractivity contribution in [3.05, 3.63) is 28.3 Å². The Balaban J connectivity index is 2.13. The first kappa shape index (κ1) is 16.3. The summed E-state index contributed by atoms with van der Waals surface area (Å²) in [5.74, 6) is 0.0671. The van der Waals surface area contributed by atoms with Crippen molar-refractivity contribution < 1.29 is 17.9 Å². The van der Waals surface area contributed by atoms with Crippen molar-refractivity contribution >= 4 is 27.6 Å². The van der Waals surface area contributed by atoms with Gasteiger partial charge in [0, 0.05) is 5.02 Å². The van der Waals surface area contributed by atoms with Crippen LogP contribution >= 0.6 is 11.6 Å². The molecule has 1 saturated carbocycles. The van der Waals surface area contributed by atoms with E-state index in [0.717, 1.165) is 6.42 Å². The maximum absolute atomic E-state index is 12.1. The van der Waals surface area contributed by atoms with Crippen LogP contribution in [0.4, 0.5) is 0 Å². The molecule has 0 aromatic heterocycles. The highest BCUT2D eigenvalue weighted by Crippen LogP contribution is 2.29. The van der Waals surface area contributed by atoms with Gasteiger partial charge in [-0.05, 0) is 37.0 Å². The molecule has 2 N–H and O–H groups in total. The van der Waals surface area contributed by atoms with Crippen molar-refractivity contribution in [2.45, 2.75) is 37.5 Å². The van der Waals surface area contributed by atoms with E-state index >= 15 is 0 Å². The van der Waals surface area contributed by atoms with E-state index in [1.807, 2.05) is 0 Å². The lowest BCUT2D eigenvalue weighted by molar-refractivity contribution is 0.0463. The van der Waals surface area contributed by atoms with Crippen LogP contribution in [-0.2, 0) is 14.8 Å². The van der Waals surface area contributed by atoms with Gasteiger partial charge in [0.25, 0.3) is 0 Å². The maximum Gasteiger partial charge on any atom is 0.338 e. The average molecular weight is 332 g/mol. The molecule has 0 spiro atoms. The predicted octanol–water partition coefficient (Wildman–Crippen LogP) is 2.64. The molecule has 0 saturated heterocycles. The highest BCUT2D eigenvalue weighted by molar-refractivity contribution is 7.89. The summed E-state index contributed by atoms with van der Waals surface area (Å²) in [6.45, 7) is 1.97. The molecule has 1 fully saturated rings. The quantitative estimate of drug-likeness (QED) is 0.840. The van der Waals surface area contributed by atoms with Crippen molar-refractivity contribution in [2.75, 3.05) is 6.61 Å². The first-order valence-electron chi connectivity index (χ1n) is 6.79. The fraction of sp³-hybridized carbons (Fsp3) is 0.500. The molecule has 0 radical (unpaired) electrons. The second kappa shape index (κ2) is 6.34. The standard InChI is InChI=1S/C14H18ClNO4S/c1-9-12(7-11(8-13(9)15)21(16,18)19)14(17)20-6-5-10-3-2-4-10/h7-8,10H,2-6H2,1H3,(H2,16,18,19). The SMILES string of the molecule is Cc1c(Cl)cc(S(N)(=O)=O)cc1C(=O)OCCC1CCC1. The van der Waals surface area contributed by atoms with Gasteiger partial charge in [-0.3, -0.25) is 0 Å². The molecule has 1 aromatic carbocycles. The number of benzene rings is 1. The molecule has 1 aromatic rings. The summed E-state index contributed by atoms with van der Waals surface area (Å²) >= 11 is 5.96. The molecule has 0 unspecified atom stereocenters. The van der Waals surface area contributed by atoms with E-state index in [9.17, 15) is 13.2 Å². The molecule has 0 heterocycles. The number of rotatable bonds is 5. The van der Waals surface area contributed by atoms with Crippen LogP contribution in [0, 0.1) is 12.8 Å². The number of esters is 1. The Morgan fingerprint density at radius 1 is 1.43 bits per heavy atom. The van der Waals surface area contributed by atoms with E-state index in [1.165, 1.54) is 31.4 Å². The lowest BCUT2D eigenvalue weighted by Gasteiger charge is -2.24. The van der Waals surface area contributed by atoms with Crippen LogP contribution in [0.3, 0.4) is 0 Å². The molecule has 0 atom stereocenters. The van der Waals surface area contributed by atoms with Gasteiger partial charge in [0.2, 0.25) is 10.0 Å². The van der Waals surface area contributed by atoms with Gasteiger partial charge in [-0.25, -0.2) is 18.4 Å². The summed E-state index contributed by atoms with van der Waals surface area (Å²) in [6, 6.07) is 2.44. The van der Waals surface area contributed by atoms with Crippen molar-refractivity contribution in [3.8, 4) is 0 Å². The zero-order valence-electron chi connectivity index (χ0n) is 11.8. The van der Waals surface area contributed by atoms with Crippen LogP contribution in [-0.4, -0.2) is 21.0 Å². The molecule has 2 rings (SSSR count). The molecule has 0 aliphatic heterocycles. The highest BCUT2D eigenvalue weighted by Gasteiger charge is 2.21. The number of ether oxygens (including phenoxy) is 1. The summed E-state index contributed by atoms with van der Waals surface area (Å²) in [6.07, 6.45) is 4.45. The zero-order valence-corrected chi connectivity index (χ0v) is 13.3. The summed E-state index contributed by atoms with van der Waals surface area (Å²) in [5.41, 5.74) is 0.623. The first-order chi connectivity index (χ1) is 9.79. The Labute approximate surface area is 129 Å². The number of hydrogen-bond donors (Lipinski definition) is 1. The average Bonchev–Trinajstić information content (AvgIpc) is 2.33. The summed E-state index contributed by atoms with van der Waals surface area (Å²) < 4.78 is 28.0. The van der Waals surface area contributed by atoms with Crippen LogP contribution in [0.25, 0.3) is 0 Å². The van der Waals surface area contributed by atoms with Crippen molar-refractivity contribution in [3.63, 3.8) is 0 Å². The topological polar surface area (TPSA) is 86.5 Å². The van der Waals surface area contributed by atoms with E-state index in [1.54, 1.807) is 6.92 Å². The van der Waals surface area contributed by atoms with Gasteiger partial charge in [-0.1, -0.05) is 30.9 Å². The number of nitrogens with two attached hydrogens (primary N) is 1. The Morgan fingerprint density at radius 3 is 2.62 bits per heavy atom. The molecule has 1 aliphatic rings. The van der Waals surface area contributed by atoms with Crippen LogP contribution in [0.5, 0.6) is 0 Å². The summed E-state index contributed by atoms with van der Waals surface area (Å²) in [5, 5.41) is 5.25. The van der Waals surface area contributed by atoms with E-state index in [-0.39, 0.29) is 15.5 Å². The zero-order chi connectivity index (χ0) is 15.6. The number of hydrogen-bond acceptors (Lipinski definition) is 4. The molecule has 0 bridgehead atoms. The number of carbonyl (C=O) groups is 1. The Kier molecular flexibility index (Phi) is 4.91. The van der Waals surface area contributed by atoms with E-state index in [2.05, 4.69) is 0 Å². The molecule has 5 nitrogen and oxygen atoms in total. The number of halogens is 1. The van der Waals surface area contributed by atoms with E-state index in [0.29, 0.717) is 18.1 Å². The van der Waals surface area contributed by atoms with Gasteiger partial charge < -0.3 is 4.74 Å². The lowest BCUT2D eigenvalue weighted by atomic mass is 9.83. The molecular weight excluding hydrogens is 314 g/mol. The smallest absolute Gasteiger partial charge is 0.338 e. The van der Waals surface area contributed by atoms with E-state index < -0.39 is 16.0 Å². The van der Waals surface area contributed by atoms with Crippen LogP contribution in [0.15, 0.2) is 17.0 Å². The molecule has 1 aliphatic carbocycles. The van der Waals surface area contributed by atoms with Gasteiger partial charge in [0.1, 0.15) is 0 Å². The third-order valence-electron chi connectivity index (χ3n) is 3.85. The van der Waals surface area contributed by atoms with Crippen LogP contribution in [0.1, 0.15) is 41.6 Å². The number of sulfonamides is 1. The maximum atomic E-state index is 12.1. The second-order valence-corrected chi connectivity index (χ2v) is 7.31. The normalized spacial score (nSPS) is 15.6. The Bertz CT molecular complexity index is 653.